The van der Waals surface area contributed by atoms with Gasteiger partial charge in [-0.3, -0.25) is 39.4 Å². The molecule has 4 aromatic carbocycles. The molecular formula is C41H34ClN5O9. The van der Waals surface area contributed by atoms with E-state index in [9.17, 15) is 39.7 Å². The van der Waals surface area contributed by atoms with Crippen LogP contribution in [-0.2, 0) is 24.6 Å². The molecule has 8 rings (SSSR count). The number of anilines is 3. The van der Waals surface area contributed by atoms with Gasteiger partial charge >= 0.3 is 11.4 Å². The van der Waals surface area contributed by atoms with Crippen LogP contribution in [0.3, 0.4) is 0 Å². The van der Waals surface area contributed by atoms with Crippen molar-refractivity contribution < 1.29 is 34.1 Å². The number of nitrogens with zero attached hydrogens (tertiary/aromatic N) is 5. The molecule has 6 atom stereocenters. The van der Waals surface area contributed by atoms with Crippen molar-refractivity contribution in [2.45, 2.75) is 31.1 Å². The zero-order valence-electron chi connectivity index (χ0n) is 30.3. The Kier molecular flexibility index (Phi) is 8.56. The molecule has 1 N–H and O–H groups in total. The Balaban J connectivity index is 1.33. The van der Waals surface area contributed by atoms with Gasteiger partial charge in [0.1, 0.15) is 5.75 Å². The van der Waals surface area contributed by atoms with E-state index < -0.39 is 79.9 Å². The number of phenols is 1. The Hall–Kier alpha value is -6.41. The summed E-state index contributed by atoms with van der Waals surface area (Å²) >= 11 is 6.38. The molecule has 3 fully saturated rings. The number of benzene rings is 4. The van der Waals surface area contributed by atoms with Crippen molar-refractivity contribution >= 4 is 63.7 Å². The summed E-state index contributed by atoms with van der Waals surface area (Å²) in [4.78, 5) is 85.4. The number of phenolic OH excluding ortho intramolecular Hbond substituents is 1. The number of fused-ring (bicyclic) bond motifs is 4. The van der Waals surface area contributed by atoms with Gasteiger partial charge in [-0.25, -0.2) is 9.80 Å². The summed E-state index contributed by atoms with van der Waals surface area (Å²) < 4.78 is 0. The molecular weight excluding hydrogens is 742 g/mol. The molecule has 0 radical (unpaired) electrons. The van der Waals surface area contributed by atoms with Gasteiger partial charge in [0.15, 0.2) is 5.69 Å². The Labute approximate surface area is 324 Å². The van der Waals surface area contributed by atoms with Crippen LogP contribution in [-0.4, -0.2) is 52.7 Å². The Morgan fingerprint density at radius 3 is 2.09 bits per heavy atom. The number of halogens is 1. The minimum Gasteiger partial charge on any atom is -0.508 e. The molecule has 2 heterocycles. The van der Waals surface area contributed by atoms with Crippen LogP contribution in [0.5, 0.6) is 5.75 Å². The first-order valence-corrected chi connectivity index (χ1v) is 18.3. The predicted octanol–water partition coefficient (Wildman–Crippen LogP) is 6.60. The molecule has 1 saturated carbocycles. The van der Waals surface area contributed by atoms with Crippen molar-refractivity contribution in [2.24, 2.45) is 23.7 Å². The highest BCUT2D eigenvalue weighted by molar-refractivity contribution is 6.32. The number of hydrogen-bond acceptors (Lipinski definition) is 10. The van der Waals surface area contributed by atoms with E-state index in [4.69, 9.17) is 11.6 Å². The van der Waals surface area contributed by atoms with Gasteiger partial charge in [-0.2, -0.15) is 0 Å². The number of aryl methyl sites for hydroxylation is 1. The fourth-order valence-corrected chi connectivity index (χ4v) is 9.87. The molecule has 2 aliphatic carbocycles. The van der Waals surface area contributed by atoms with E-state index in [1.807, 2.05) is 6.08 Å². The van der Waals surface area contributed by atoms with E-state index in [0.717, 1.165) is 21.9 Å². The molecule has 15 heteroatoms. The van der Waals surface area contributed by atoms with Crippen molar-refractivity contribution in [2.75, 3.05) is 28.8 Å². The summed E-state index contributed by atoms with van der Waals surface area (Å²) in [5.74, 6) is -7.06. The summed E-state index contributed by atoms with van der Waals surface area (Å²) in [6.07, 6.45) is 1.90. The number of carbonyl (C=O) groups is 4. The van der Waals surface area contributed by atoms with Crippen LogP contribution < -0.4 is 14.7 Å². The number of hydrogen-bond donors (Lipinski definition) is 1. The molecule has 56 heavy (non-hydrogen) atoms. The molecule has 2 aliphatic heterocycles. The van der Waals surface area contributed by atoms with Crippen LogP contribution in [0.2, 0.25) is 5.02 Å². The number of amides is 4. The summed E-state index contributed by atoms with van der Waals surface area (Å²) in [5.41, 5.74) is -0.816. The number of imide groups is 2. The molecule has 0 bridgehead atoms. The topological polar surface area (TPSA) is 185 Å². The predicted molar refractivity (Wildman–Crippen MR) is 205 cm³/mol. The lowest BCUT2D eigenvalue weighted by Crippen LogP contribution is -2.53. The Morgan fingerprint density at radius 1 is 0.804 bits per heavy atom. The van der Waals surface area contributed by atoms with Crippen molar-refractivity contribution in [1.82, 2.24) is 0 Å². The second-order valence-corrected chi connectivity index (χ2v) is 15.3. The van der Waals surface area contributed by atoms with E-state index >= 15 is 4.79 Å². The lowest BCUT2D eigenvalue weighted by atomic mass is 9.49. The van der Waals surface area contributed by atoms with Gasteiger partial charge in [-0.15, -0.1) is 0 Å². The maximum Gasteiger partial charge on any atom is 0.301 e. The summed E-state index contributed by atoms with van der Waals surface area (Å²) in [6, 6.07) is 22.4. The largest absolute Gasteiger partial charge is 0.508 e. The third-order valence-corrected chi connectivity index (χ3v) is 12.1. The second kappa shape index (κ2) is 13.1. The van der Waals surface area contributed by atoms with E-state index in [1.54, 1.807) is 67.6 Å². The van der Waals surface area contributed by atoms with Crippen LogP contribution in [0.15, 0.2) is 96.6 Å². The number of allylic oxidation sites excluding steroid dienone is 2. The van der Waals surface area contributed by atoms with Crippen molar-refractivity contribution in [3.63, 3.8) is 0 Å². The minimum absolute atomic E-state index is 0.0101. The van der Waals surface area contributed by atoms with Gasteiger partial charge in [0.05, 0.1) is 44.4 Å². The molecule has 6 unspecified atom stereocenters. The molecule has 4 aliphatic rings. The van der Waals surface area contributed by atoms with Crippen LogP contribution in [0.25, 0.3) is 0 Å². The highest BCUT2D eigenvalue weighted by atomic mass is 35.5. The van der Waals surface area contributed by atoms with E-state index in [1.165, 1.54) is 31.1 Å². The average Bonchev–Trinajstić information content (AvgIpc) is 3.56. The SMILES string of the molecule is Cc1cc(C2C3=CCC4C(=O)N(c5cc([N+](=O)[O-])c(N(C)C)c([N+](=O)[O-])c5)C(=O)C4C3CC3C(=O)N(c4cccc(Cl)c4)C(=O)C32c2ccccc2)ccc1O. The van der Waals surface area contributed by atoms with Crippen LogP contribution in [0.4, 0.5) is 28.4 Å². The summed E-state index contributed by atoms with van der Waals surface area (Å²) in [5, 5.41) is 35.3. The molecule has 284 valence electrons. The fraction of sp³-hybridized carbons (Fsp3) is 0.268. The normalized spacial score (nSPS) is 25.4. The first-order chi connectivity index (χ1) is 26.7. The number of aromatic hydroxyl groups is 1. The van der Waals surface area contributed by atoms with Crippen LogP contribution >= 0.6 is 11.6 Å². The van der Waals surface area contributed by atoms with Gasteiger partial charge in [0.2, 0.25) is 23.6 Å². The number of carbonyl (C=O) groups excluding carboxylic acids is 4. The van der Waals surface area contributed by atoms with Crippen LogP contribution in [0.1, 0.15) is 35.4 Å². The Bertz CT molecular complexity index is 2420. The molecule has 2 saturated heterocycles. The van der Waals surface area contributed by atoms with Gasteiger partial charge in [0.25, 0.3) is 0 Å². The third-order valence-electron chi connectivity index (χ3n) is 11.9. The first kappa shape index (κ1) is 36.6. The summed E-state index contributed by atoms with van der Waals surface area (Å²) in [6.45, 7) is 1.72. The standard InChI is InChI=1S/C41H34ClN5O9/c1-21-16-22(12-15-33(21)48)35-27-13-14-28-34(39(51)44(37(28)49)26-18-31(46(53)54)36(43(2)3)32(19-26)47(55)56)29(27)20-30-38(50)45(25-11-7-10-24(42)17-25)40(52)41(30,35)23-8-5-4-6-9-23/h4-13,15-19,28-30,34-35,48H,14,20H2,1-3H3. The highest BCUT2D eigenvalue weighted by Gasteiger charge is 2.70. The number of rotatable bonds is 7. The summed E-state index contributed by atoms with van der Waals surface area (Å²) in [7, 11) is 2.83. The monoisotopic (exact) mass is 775 g/mol. The molecule has 4 aromatic rings. The zero-order chi connectivity index (χ0) is 40.0. The maximum atomic E-state index is 15.4. The third kappa shape index (κ3) is 5.15. The molecule has 0 spiro atoms. The second-order valence-electron chi connectivity index (χ2n) is 14.9. The van der Waals surface area contributed by atoms with Crippen molar-refractivity contribution in [3.05, 3.63) is 139 Å². The van der Waals surface area contributed by atoms with E-state index in [-0.39, 0.29) is 35.7 Å². The lowest BCUT2D eigenvalue weighted by Gasteiger charge is -2.50. The van der Waals surface area contributed by atoms with Crippen LogP contribution in [0, 0.1) is 50.8 Å². The Morgan fingerprint density at radius 2 is 1.48 bits per heavy atom. The molecule has 0 aromatic heterocycles. The van der Waals surface area contributed by atoms with E-state index in [0.29, 0.717) is 27.3 Å². The number of nitro groups is 2. The lowest BCUT2D eigenvalue weighted by molar-refractivity contribution is -0.392. The van der Waals surface area contributed by atoms with Gasteiger partial charge < -0.3 is 10.0 Å². The molecule has 4 amide bonds. The zero-order valence-corrected chi connectivity index (χ0v) is 31.0. The fourth-order valence-electron chi connectivity index (χ4n) is 9.69. The van der Waals surface area contributed by atoms with E-state index in [2.05, 4.69) is 0 Å². The van der Waals surface area contributed by atoms with Gasteiger partial charge in [-0.05, 0) is 66.6 Å². The van der Waals surface area contributed by atoms with Gasteiger partial charge in [0, 0.05) is 37.2 Å². The maximum absolute atomic E-state index is 15.4. The smallest absolute Gasteiger partial charge is 0.301 e. The quantitative estimate of drug-likeness (QED) is 0.0928. The average molecular weight is 776 g/mol. The van der Waals surface area contributed by atoms with Gasteiger partial charge in [-0.1, -0.05) is 71.8 Å². The van der Waals surface area contributed by atoms with Crippen molar-refractivity contribution in [3.8, 4) is 5.75 Å². The first-order valence-electron chi connectivity index (χ1n) is 17.9. The highest BCUT2D eigenvalue weighted by Crippen LogP contribution is 2.65. The van der Waals surface area contributed by atoms with Crippen molar-refractivity contribution in [1.29, 1.82) is 0 Å². The molecule has 14 nitrogen and oxygen atoms in total. The minimum atomic E-state index is -1.53. The number of nitro benzene ring substituents is 2.